The van der Waals surface area contributed by atoms with E-state index in [1.807, 2.05) is 6.20 Å². The van der Waals surface area contributed by atoms with E-state index in [1.54, 1.807) is 22.7 Å². The van der Waals surface area contributed by atoms with Crippen molar-refractivity contribution in [3.63, 3.8) is 0 Å². The van der Waals surface area contributed by atoms with Crippen molar-refractivity contribution in [2.75, 3.05) is 0 Å². The molecule has 2 aromatic heterocycles. The summed E-state index contributed by atoms with van der Waals surface area (Å²) < 4.78 is 0. The lowest BCUT2D eigenvalue weighted by molar-refractivity contribution is 0.691. The van der Waals surface area contributed by atoms with E-state index in [0.29, 0.717) is 0 Å². The molecule has 0 spiro atoms. The SMILES string of the molecule is CCc1cnc(CNCc2ccsc2)s1. The number of aryl methyl sites for hydroxylation is 1. The Morgan fingerprint density at radius 3 is 3.00 bits per heavy atom. The first-order valence-corrected chi connectivity index (χ1v) is 6.79. The van der Waals surface area contributed by atoms with Crippen LogP contribution in [0.3, 0.4) is 0 Å². The van der Waals surface area contributed by atoms with Crippen molar-refractivity contribution in [1.29, 1.82) is 0 Å². The average molecular weight is 238 g/mol. The van der Waals surface area contributed by atoms with Crippen LogP contribution in [0, 0.1) is 0 Å². The zero-order chi connectivity index (χ0) is 10.5. The standard InChI is InChI=1S/C11H14N2S2/c1-2-10-6-13-11(15-10)7-12-5-9-3-4-14-8-9/h3-4,6,8,12H,2,5,7H2,1H3. The minimum Gasteiger partial charge on any atom is -0.306 e. The molecule has 2 rings (SSSR count). The minimum atomic E-state index is 0.876. The van der Waals surface area contributed by atoms with Gasteiger partial charge in [-0.2, -0.15) is 11.3 Å². The second-order valence-corrected chi connectivity index (χ2v) is 5.29. The van der Waals surface area contributed by atoms with Gasteiger partial charge in [-0.15, -0.1) is 11.3 Å². The van der Waals surface area contributed by atoms with Crippen LogP contribution in [-0.2, 0) is 19.5 Å². The third kappa shape index (κ3) is 3.12. The largest absolute Gasteiger partial charge is 0.306 e. The molecule has 0 atom stereocenters. The normalized spacial score (nSPS) is 10.7. The third-order valence-corrected chi connectivity index (χ3v) is 4.01. The van der Waals surface area contributed by atoms with Crippen LogP contribution in [0.4, 0.5) is 0 Å². The maximum absolute atomic E-state index is 4.36. The zero-order valence-corrected chi connectivity index (χ0v) is 10.3. The van der Waals surface area contributed by atoms with Gasteiger partial charge in [0.25, 0.3) is 0 Å². The molecule has 0 saturated carbocycles. The second-order valence-electron chi connectivity index (χ2n) is 3.31. The molecule has 0 aliphatic carbocycles. The van der Waals surface area contributed by atoms with Gasteiger partial charge in [0.15, 0.2) is 0 Å². The lowest BCUT2D eigenvalue weighted by atomic mass is 10.3. The molecule has 15 heavy (non-hydrogen) atoms. The van der Waals surface area contributed by atoms with Crippen molar-refractivity contribution >= 4 is 22.7 Å². The first-order valence-electron chi connectivity index (χ1n) is 5.04. The third-order valence-electron chi connectivity index (χ3n) is 2.14. The van der Waals surface area contributed by atoms with Crippen LogP contribution in [0.25, 0.3) is 0 Å². The number of hydrogen-bond donors (Lipinski definition) is 1. The summed E-state index contributed by atoms with van der Waals surface area (Å²) in [5, 5.41) is 8.86. The highest BCUT2D eigenvalue weighted by Crippen LogP contribution is 2.13. The summed E-state index contributed by atoms with van der Waals surface area (Å²) in [6.07, 6.45) is 3.06. The molecule has 1 N–H and O–H groups in total. The first-order chi connectivity index (χ1) is 7.38. The van der Waals surface area contributed by atoms with E-state index in [2.05, 4.69) is 34.1 Å². The van der Waals surface area contributed by atoms with E-state index in [9.17, 15) is 0 Å². The van der Waals surface area contributed by atoms with E-state index in [0.717, 1.165) is 19.5 Å². The van der Waals surface area contributed by atoms with Crippen LogP contribution in [0.5, 0.6) is 0 Å². The Labute approximate surface area is 98.0 Å². The lowest BCUT2D eigenvalue weighted by Gasteiger charge is -1.99. The van der Waals surface area contributed by atoms with Crippen molar-refractivity contribution in [2.24, 2.45) is 0 Å². The summed E-state index contributed by atoms with van der Waals surface area (Å²) in [6, 6.07) is 2.15. The van der Waals surface area contributed by atoms with Gasteiger partial charge in [-0.05, 0) is 28.8 Å². The predicted molar refractivity (Wildman–Crippen MR) is 66.4 cm³/mol. The average Bonchev–Trinajstić information content (AvgIpc) is 2.88. The van der Waals surface area contributed by atoms with Crippen molar-refractivity contribution < 1.29 is 0 Å². The van der Waals surface area contributed by atoms with Gasteiger partial charge in [-0.3, -0.25) is 0 Å². The maximum atomic E-state index is 4.36. The molecule has 0 saturated heterocycles. The smallest absolute Gasteiger partial charge is 0.107 e. The van der Waals surface area contributed by atoms with Crippen LogP contribution in [0.15, 0.2) is 23.0 Å². The van der Waals surface area contributed by atoms with Gasteiger partial charge in [0.05, 0.1) is 0 Å². The van der Waals surface area contributed by atoms with E-state index in [1.165, 1.54) is 15.4 Å². The zero-order valence-electron chi connectivity index (χ0n) is 8.69. The summed E-state index contributed by atoms with van der Waals surface area (Å²) in [6.45, 7) is 3.97. The van der Waals surface area contributed by atoms with Crippen LogP contribution in [0.2, 0.25) is 0 Å². The molecule has 0 amide bonds. The molecule has 0 aromatic carbocycles. The number of aromatic nitrogens is 1. The fraction of sp³-hybridized carbons (Fsp3) is 0.364. The number of thiophene rings is 1. The van der Waals surface area contributed by atoms with Gasteiger partial charge in [-0.1, -0.05) is 6.92 Å². The second kappa shape index (κ2) is 5.39. The van der Waals surface area contributed by atoms with Gasteiger partial charge < -0.3 is 5.32 Å². The highest BCUT2D eigenvalue weighted by Gasteiger charge is 1.99. The molecule has 2 aromatic rings. The van der Waals surface area contributed by atoms with Crippen molar-refractivity contribution in [3.05, 3.63) is 38.5 Å². The summed E-state index contributed by atoms with van der Waals surface area (Å²) in [5.41, 5.74) is 1.35. The summed E-state index contributed by atoms with van der Waals surface area (Å²) in [4.78, 5) is 5.73. The topological polar surface area (TPSA) is 24.9 Å². The quantitative estimate of drug-likeness (QED) is 0.866. The van der Waals surface area contributed by atoms with Crippen LogP contribution in [0.1, 0.15) is 22.4 Å². The van der Waals surface area contributed by atoms with Crippen LogP contribution in [-0.4, -0.2) is 4.98 Å². The van der Waals surface area contributed by atoms with Gasteiger partial charge in [0.1, 0.15) is 5.01 Å². The molecule has 2 heterocycles. The molecule has 0 bridgehead atoms. The molecule has 0 aliphatic rings. The van der Waals surface area contributed by atoms with Gasteiger partial charge in [0, 0.05) is 24.2 Å². The highest BCUT2D eigenvalue weighted by molar-refractivity contribution is 7.11. The molecule has 0 aliphatic heterocycles. The Balaban J connectivity index is 1.78. The molecule has 4 heteroatoms. The van der Waals surface area contributed by atoms with E-state index in [-0.39, 0.29) is 0 Å². The summed E-state index contributed by atoms with van der Waals surface area (Å²) in [7, 11) is 0. The molecule has 80 valence electrons. The minimum absolute atomic E-state index is 0.876. The van der Waals surface area contributed by atoms with Crippen molar-refractivity contribution in [3.8, 4) is 0 Å². The highest BCUT2D eigenvalue weighted by atomic mass is 32.1. The number of hydrogen-bond acceptors (Lipinski definition) is 4. The van der Waals surface area contributed by atoms with E-state index in [4.69, 9.17) is 0 Å². The predicted octanol–water partition coefficient (Wildman–Crippen LogP) is 3.06. The number of nitrogens with one attached hydrogen (secondary N) is 1. The molecule has 2 nitrogen and oxygen atoms in total. The fourth-order valence-corrected chi connectivity index (χ4v) is 2.80. The fourth-order valence-electron chi connectivity index (χ4n) is 1.30. The Hall–Kier alpha value is -0.710. The van der Waals surface area contributed by atoms with Crippen LogP contribution >= 0.6 is 22.7 Å². The maximum Gasteiger partial charge on any atom is 0.107 e. The molecular formula is C11H14N2S2. The molecule has 0 fully saturated rings. The lowest BCUT2D eigenvalue weighted by Crippen LogP contribution is -2.11. The first kappa shape index (κ1) is 10.8. The Morgan fingerprint density at radius 1 is 1.40 bits per heavy atom. The van der Waals surface area contributed by atoms with Gasteiger partial charge in [0.2, 0.25) is 0 Å². The van der Waals surface area contributed by atoms with Crippen molar-refractivity contribution in [2.45, 2.75) is 26.4 Å². The monoisotopic (exact) mass is 238 g/mol. The van der Waals surface area contributed by atoms with E-state index >= 15 is 0 Å². The summed E-state index contributed by atoms with van der Waals surface area (Å²) >= 11 is 3.54. The number of rotatable bonds is 5. The summed E-state index contributed by atoms with van der Waals surface area (Å²) in [5.74, 6) is 0. The number of thiazole rings is 1. The number of nitrogens with zero attached hydrogens (tertiary/aromatic N) is 1. The van der Waals surface area contributed by atoms with E-state index < -0.39 is 0 Å². The van der Waals surface area contributed by atoms with Gasteiger partial charge >= 0.3 is 0 Å². The molecular weight excluding hydrogens is 224 g/mol. The Kier molecular flexibility index (Phi) is 3.88. The molecule has 0 radical (unpaired) electrons. The van der Waals surface area contributed by atoms with Crippen molar-refractivity contribution in [1.82, 2.24) is 10.3 Å². The Bertz CT molecular complexity index is 392. The van der Waals surface area contributed by atoms with Crippen LogP contribution < -0.4 is 5.32 Å². The Morgan fingerprint density at radius 2 is 2.33 bits per heavy atom. The molecule has 0 unspecified atom stereocenters. The van der Waals surface area contributed by atoms with Gasteiger partial charge in [-0.25, -0.2) is 4.98 Å².